The average molecular weight is 553 g/mol. The Morgan fingerprint density at radius 1 is 0.649 bits per heavy atom. The molecule has 4 N–H and O–H groups in total. The van der Waals surface area contributed by atoms with Gasteiger partial charge in [0.15, 0.2) is 0 Å². The normalized spacial score (nSPS) is 13.5. The molecule has 37 heavy (non-hydrogen) atoms. The standard InChI is InChI=1S/C25H36N4O6S2/c1-5-18(3)28-36(32,33)22-14-10-20(11-15-22)26-24(30)8-7-9-25(31)27-21-12-16-23(17-13-21)37(34,35)29-19(4)6-2/h10-19,28-29H,5-9H2,1-4H3,(H,26,30)(H,27,31). The van der Waals surface area contributed by atoms with Gasteiger partial charge in [-0.1, -0.05) is 13.8 Å². The van der Waals surface area contributed by atoms with Crippen LogP contribution in [0.1, 0.15) is 59.8 Å². The lowest BCUT2D eigenvalue weighted by Crippen LogP contribution is -2.31. The topological polar surface area (TPSA) is 151 Å². The molecule has 2 amide bonds. The number of carbonyl (C=O) groups excluding carboxylic acids is 2. The van der Waals surface area contributed by atoms with Crippen molar-refractivity contribution in [3.05, 3.63) is 48.5 Å². The summed E-state index contributed by atoms with van der Waals surface area (Å²) in [5, 5.41) is 5.37. The molecule has 0 spiro atoms. The number of carbonyl (C=O) groups is 2. The van der Waals surface area contributed by atoms with Gasteiger partial charge in [0.1, 0.15) is 0 Å². The third kappa shape index (κ3) is 9.88. The fourth-order valence-corrected chi connectivity index (χ4v) is 5.78. The van der Waals surface area contributed by atoms with Crippen molar-refractivity contribution in [2.45, 2.75) is 81.7 Å². The lowest BCUT2D eigenvalue weighted by Gasteiger charge is -2.13. The maximum Gasteiger partial charge on any atom is 0.240 e. The van der Waals surface area contributed by atoms with Gasteiger partial charge in [-0.2, -0.15) is 0 Å². The van der Waals surface area contributed by atoms with Crippen LogP contribution in [0.3, 0.4) is 0 Å². The third-order valence-corrected chi connectivity index (χ3v) is 8.85. The molecule has 0 aliphatic heterocycles. The van der Waals surface area contributed by atoms with Crippen LogP contribution < -0.4 is 20.1 Å². The predicted octanol–water partition coefficient (Wildman–Crippen LogP) is 3.59. The summed E-state index contributed by atoms with van der Waals surface area (Å²) in [5.74, 6) is -0.603. The van der Waals surface area contributed by atoms with E-state index in [0.29, 0.717) is 30.6 Å². The molecule has 0 fully saturated rings. The molecule has 2 unspecified atom stereocenters. The molecule has 204 valence electrons. The maximum atomic E-state index is 12.3. The van der Waals surface area contributed by atoms with Crippen LogP contribution >= 0.6 is 0 Å². The van der Waals surface area contributed by atoms with Gasteiger partial charge in [0.2, 0.25) is 31.9 Å². The number of benzene rings is 2. The molecule has 10 nitrogen and oxygen atoms in total. The molecule has 0 bridgehead atoms. The van der Waals surface area contributed by atoms with Crippen molar-refractivity contribution in [2.75, 3.05) is 10.6 Å². The van der Waals surface area contributed by atoms with Gasteiger partial charge in [0.05, 0.1) is 9.79 Å². The van der Waals surface area contributed by atoms with Gasteiger partial charge < -0.3 is 10.6 Å². The smallest absolute Gasteiger partial charge is 0.240 e. The van der Waals surface area contributed by atoms with Gasteiger partial charge in [-0.3, -0.25) is 9.59 Å². The van der Waals surface area contributed by atoms with E-state index in [1.54, 1.807) is 13.8 Å². The molecule has 0 aliphatic carbocycles. The highest BCUT2D eigenvalue weighted by Crippen LogP contribution is 2.17. The van der Waals surface area contributed by atoms with E-state index in [1.165, 1.54) is 48.5 Å². The first kappa shape index (κ1) is 30.4. The Bertz CT molecular complexity index is 1160. The van der Waals surface area contributed by atoms with Crippen molar-refractivity contribution < 1.29 is 26.4 Å². The van der Waals surface area contributed by atoms with E-state index in [4.69, 9.17) is 0 Å². The minimum atomic E-state index is -3.62. The Morgan fingerprint density at radius 3 is 1.27 bits per heavy atom. The van der Waals surface area contributed by atoms with E-state index in [9.17, 15) is 26.4 Å². The highest BCUT2D eigenvalue weighted by atomic mass is 32.2. The Kier molecular flexibility index (Phi) is 11.2. The molecule has 0 aliphatic rings. The van der Waals surface area contributed by atoms with Crippen LogP contribution in [0.4, 0.5) is 11.4 Å². The van der Waals surface area contributed by atoms with E-state index >= 15 is 0 Å². The molecular weight excluding hydrogens is 516 g/mol. The van der Waals surface area contributed by atoms with Crippen LogP contribution in [0, 0.1) is 0 Å². The summed E-state index contributed by atoms with van der Waals surface area (Å²) in [6.07, 6.45) is 1.83. The van der Waals surface area contributed by atoms with Gasteiger partial charge in [0, 0.05) is 36.3 Å². The summed E-state index contributed by atoms with van der Waals surface area (Å²) < 4.78 is 54.4. The van der Waals surface area contributed by atoms with Gasteiger partial charge >= 0.3 is 0 Å². The fraction of sp³-hybridized carbons (Fsp3) is 0.440. The zero-order chi connectivity index (χ0) is 27.6. The molecule has 12 heteroatoms. The van der Waals surface area contributed by atoms with Crippen LogP contribution in [0.5, 0.6) is 0 Å². The first-order valence-corrected chi connectivity index (χ1v) is 15.2. The van der Waals surface area contributed by atoms with Gasteiger partial charge in [-0.05, 0) is 81.6 Å². The summed E-state index contributed by atoms with van der Waals surface area (Å²) in [5.41, 5.74) is 0.907. The highest BCUT2D eigenvalue weighted by Gasteiger charge is 2.17. The highest BCUT2D eigenvalue weighted by molar-refractivity contribution is 7.89. The first-order chi connectivity index (χ1) is 17.4. The average Bonchev–Trinajstić information content (AvgIpc) is 2.84. The summed E-state index contributed by atoms with van der Waals surface area (Å²) in [4.78, 5) is 24.6. The summed E-state index contributed by atoms with van der Waals surface area (Å²) >= 11 is 0. The molecule has 2 aromatic rings. The largest absolute Gasteiger partial charge is 0.326 e. The predicted molar refractivity (Wildman–Crippen MR) is 144 cm³/mol. The van der Waals surface area contributed by atoms with Gasteiger partial charge in [-0.15, -0.1) is 0 Å². The zero-order valence-corrected chi connectivity index (χ0v) is 23.2. The van der Waals surface area contributed by atoms with Crippen molar-refractivity contribution in [1.82, 2.24) is 9.44 Å². The zero-order valence-electron chi connectivity index (χ0n) is 21.6. The molecule has 2 rings (SSSR count). The second-order valence-electron chi connectivity index (χ2n) is 8.86. The quantitative estimate of drug-likeness (QED) is 0.281. The Balaban J connectivity index is 1.80. The van der Waals surface area contributed by atoms with Crippen LogP contribution in [-0.4, -0.2) is 40.7 Å². The second-order valence-corrected chi connectivity index (χ2v) is 12.3. The van der Waals surface area contributed by atoms with Crippen LogP contribution in [-0.2, 0) is 29.6 Å². The number of anilines is 2. The van der Waals surface area contributed by atoms with Crippen molar-refractivity contribution in [1.29, 1.82) is 0 Å². The number of hydrogen-bond acceptors (Lipinski definition) is 6. The number of sulfonamides is 2. The number of amides is 2. The molecule has 2 aromatic carbocycles. The molecule has 0 heterocycles. The first-order valence-electron chi connectivity index (χ1n) is 12.2. The van der Waals surface area contributed by atoms with Crippen LogP contribution in [0.25, 0.3) is 0 Å². The summed E-state index contributed by atoms with van der Waals surface area (Å²) in [7, 11) is -7.24. The van der Waals surface area contributed by atoms with Crippen molar-refractivity contribution in [3.63, 3.8) is 0 Å². The van der Waals surface area contributed by atoms with Gasteiger partial charge in [0.25, 0.3) is 0 Å². The van der Waals surface area contributed by atoms with Crippen molar-refractivity contribution in [3.8, 4) is 0 Å². The van der Waals surface area contributed by atoms with E-state index in [-0.39, 0.29) is 46.5 Å². The Labute approximate surface area is 219 Å². The molecule has 0 aromatic heterocycles. The van der Waals surface area contributed by atoms with Crippen molar-refractivity contribution >= 4 is 43.2 Å². The summed E-state index contributed by atoms with van der Waals surface area (Å²) in [6.45, 7) is 7.33. The van der Waals surface area contributed by atoms with E-state index in [0.717, 1.165) is 0 Å². The SMILES string of the molecule is CCC(C)NS(=O)(=O)c1ccc(NC(=O)CCCC(=O)Nc2ccc(S(=O)(=O)NC(C)CC)cc2)cc1. The molecular formula is C25H36N4O6S2. The number of nitrogens with one attached hydrogen (secondary N) is 4. The van der Waals surface area contributed by atoms with Crippen molar-refractivity contribution in [2.24, 2.45) is 0 Å². The Hall–Kier alpha value is -2.80. The lowest BCUT2D eigenvalue weighted by atomic mass is 10.2. The number of hydrogen-bond donors (Lipinski definition) is 4. The minimum absolute atomic E-state index is 0.0987. The van der Waals surface area contributed by atoms with E-state index in [2.05, 4.69) is 20.1 Å². The molecule has 0 radical (unpaired) electrons. The molecule has 0 saturated carbocycles. The maximum absolute atomic E-state index is 12.3. The van der Waals surface area contributed by atoms with E-state index in [1.807, 2.05) is 13.8 Å². The van der Waals surface area contributed by atoms with Crippen LogP contribution in [0.2, 0.25) is 0 Å². The minimum Gasteiger partial charge on any atom is -0.326 e. The Morgan fingerprint density at radius 2 is 0.973 bits per heavy atom. The van der Waals surface area contributed by atoms with Gasteiger partial charge in [-0.25, -0.2) is 26.3 Å². The molecule has 2 atom stereocenters. The lowest BCUT2D eigenvalue weighted by molar-refractivity contribution is -0.117. The summed E-state index contributed by atoms with van der Waals surface area (Å²) in [6, 6.07) is 11.4. The fourth-order valence-electron chi connectivity index (χ4n) is 3.12. The number of rotatable bonds is 14. The molecule has 0 saturated heterocycles. The third-order valence-electron chi connectivity index (χ3n) is 5.64. The second kappa shape index (κ2) is 13.7. The van der Waals surface area contributed by atoms with Crippen LogP contribution in [0.15, 0.2) is 58.3 Å². The monoisotopic (exact) mass is 552 g/mol. The van der Waals surface area contributed by atoms with E-state index < -0.39 is 20.0 Å².